The van der Waals surface area contributed by atoms with Gasteiger partial charge in [-0.05, 0) is 143 Å². The van der Waals surface area contributed by atoms with Crippen LogP contribution < -0.4 is 153 Å². The molecule has 754 valence electrons. The molecular formula is C107H91N8Na3O29S3. The van der Waals surface area contributed by atoms with Crippen LogP contribution in [-0.4, -0.2) is 125 Å². The van der Waals surface area contributed by atoms with Crippen molar-refractivity contribution in [1.82, 2.24) is 36.5 Å². The van der Waals surface area contributed by atoms with Crippen LogP contribution >= 0.6 is 0 Å². The van der Waals surface area contributed by atoms with E-state index < -0.39 is 111 Å². The van der Waals surface area contributed by atoms with E-state index >= 15 is 0 Å². The Hall–Kier alpha value is -15.4. The summed E-state index contributed by atoms with van der Waals surface area (Å²) in [5, 5.41) is 0. The van der Waals surface area contributed by atoms with Gasteiger partial charge in [-0.3, -0.25) is 36.7 Å². The zero-order valence-electron chi connectivity index (χ0n) is 82.2. The summed E-state index contributed by atoms with van der Waals surface area (Å²) < 4.78 is 135. The van der Waals surface area contributed by atoms with Crippen LogP contribution in [-0.2, 0) is 89.1 Å². The third-order valence-electron chi connectivity index (χ3n) is 20.7. The average molecular weight is 2120 g/mol. The van der Waals surface area contributed by atoms with Crippen molar-refractivity contribution >= 4 is 56.0 Å². The molecule has 0 atom stereocenters. The zero-order valence-corrected chi connectivity index (χ0v) is 90.7. The van der Waals surface area contributed by atoms with Crippen molar-refractivity contribution in [3.05, 3.63) is 497 Å². The molecule has 150 heavy (non-hydrogen) atoms. The molecule has 0 saturated carbocycles. The minimum Gasteiger partial charge on any atom is -0.754 e. The molecule has 12 aromatic carbocycles. The standard InChI is InChI=1S/C29H28N2O5.C26H21N2O8S.C26H22N2O5.C26H21N2O5.3Na.2O3S/c1-29(2,3)36-28(34)35-26-24(19-21-13-7-4-8-14-21)25(32)31(23-17-11-6-12-18-23)27(33)30(26)20-22-15-9-5-10-16-22;1-35-26(31)36-24-22(16-18-12-14-21(15-13-18)37(32,33)34)23(29)28(20-10-6-3-7-11-20)25(30)27(24)17-19-8-4-2-5-9-19;2*1-2-32-26(31)33-24-22(18-19-12-6-3-7-13-19)23(29)27(20-14-8-4-9-15-20)25(30)28(24)21-16-10-5-11-17-21;;;;2*1-4(2)3/h4-18H,19-20H2,1-3H3;2-12,14-15H,16-17H2,1H3,(H,32,33,34);3-17H,2,18H2,1H3;3-12,14-17H,2,18H2,1H3;;;;;/q;-1;;-1;3*+1;;/p-1. The second-order valence-corrected chi connectivity index (χ2v) is 34.0. The van der Waals surface area contributed by atoms with Crippen molar-refractivity contribution in [3.8, 4) is 57.6 Å². The molecule has 0 N–H and O–H groups in total. The predicted octanol–water partition coefficient (Wildman–Crippen LogP) is 4.47. The number of carbonyl (C=O) groups is 4. The Morgan fingerprint density at radius 1 is 0.320 bits per heavy atom. The summed E-state index contributed by atoms with van der Waals surface area (Å²) in [4.78, 5) is 158. The minimum atomic E-state index is -4.70. The van der Waals surface area contributed by atoms with E-state index in [-0.39, 0.29) is 186 Å². The first kappa shape index (κ1) is 120. The molecule has 0 amide bonds. The molecule has 0 saturated heterocycles. The number of methoxy groups -OCH3 is 1. The van der Waals surface area contributed by atoms with E-state index in [1.54, 1.807) is 253 Å². The maximum Gasteiger partial charge on any atom is 1.00 e. The van der Waals surface area contributed by atoms with Gasteiger partial charge in [0, 0.05) is 12.8 Å². The maximum atomic E-state index is 13.8. The van der Waals surface area contributed by atoms with Gasteiger partial charge < -0.3 is 42.4 Å². The molecule has 0 spiro atoms. The van der Waals surface area contributed by atoms with Gasteiger partial charge >= 0.3 is 157 Å². The fraction of sp³-hybridized carbons (Fsp3) is 0.140. The van der Waals surface area contributed by atoms with Crippen LogP contribution in [0.15, 0.2) is 389 Å². The Labute approximate surface area is 926 Å². The number of nitrogens with zero attached hydrogens (tertiary/aromatic N) is 8. The summed E-state index contributed by atoms with van der Waals surface area (Å²) in [6.07, 6.45) is -3.94. The molecule has 43 heteroatoms. The fourth-order valence-corrected chi connectivity index (χ4v) is 14.9. The van der Waals surface area contributed by atoms with E-state index in [1.165, 1.54) is 19.8 Å². The summed E-state index contributed by atoms with van der Waals surface area (Å²) in [6.45, 7) is 8.63. The van der Waals surface area contributed by atoms with Crippen molar-refractivity contribution in [2.45, 2.75) is 83.9 Å². The topological polar surface area (TPSA) is 478 Å². The van der Waals surface area contributed by atoms with Gasteiger partial charge in [-0.15, -0.1) is 25.3 Å². The molecule has 0 bridgehead atoms. The molecular weight excluding hydrogens is 2030 g/mol. The summed E-state index contributed by atoms with van der Waals surface area (Å²) >= 11 is 0. The van der Waals surface area contributed by atoms with Gasteiger partial charge in [0.05, 0.1) is 99.9 Å². The van der Waals surface area contributed by atoms with Crippen LogP contribution in [0.2, 0.25) is 0 Å². The fourth-order valence-electron chi connectivity index (χ4n) is 14.5. The third kappa shape index (κ3) is 33.6. The van der Waals surface area contributed by atoms with Crippen molar-refractivity contribution < 1.29 is 184 Å². The number of hydrogen-bond donors (Lipinski definition) is 0. The smallest absolute Gasteiger partial charge is 0.754 e. The summed E-state index contributed by atoms with van der Waals surface area (Å²) in [7, 11) is -9.83. The van der Waals surface area contributed by atoms with Crippen LogP contribution in [0.5, 0.6) is 23.5 Å². The summed E-state index contributed by atoms with van der Waals surface area (Å²) in [5.41, 5.74) is 0.938. The van der Waals surface area contributed by atoms with Gasteiger partial charge in [0.1, 0.15) is 5.60 Å². The molecule has 0 aliphatic rings. The Balaban J connectivity index is 0.000000236. The molecule has 16 aromatic rings. The number of aromatic nitrogens is 8. The van der Waals surface area contributed by atoms with Gasteiger partial charge in [0.15, 0.2) is 0 Å². The number of ether oxygens (including phenoxy) is 8. The van der Waals surface area contributed by atoms with E-state index in [1.807, 2.05) is 109 Å². The molecule has 0 aliphatic carbocycles. The molecule has 37 nitrogen and oxygen atoms in total. The van der Waals surface area contributed by atoms with Crippen molar-refractivity contribution in [2.75, 3.05) is 20.3 Å². The number of carbonyl (C=O) groups excluding carboxylic acids is 4. The molecule has 0 unspecified atom stereocenters. The van der Waals surface area contributed by atoms with Crippen LogP contribution in [0.25, 0.3) is 34.1 Å². The molecule has 16 rings (SSSR count). The van der Waals surface area contributed by atoms with Gasteiger partial charge in [0.2, 0.25) is 23.5 Å². The molecule has 0 radical (unpaired) electrons. The van der Waals surface area contributed by atoms with E-state index in [9.17, 15) is 70.5 Å². The van der Waals surface area contributed by atoms with Crippen LogP contribution in [0.1, 0.15) is 90.3 Å². The largest absolute Gasteiger partial charge is 1.00 e. The van der Waals surface area contributed by atoms with E-state index in [2.05, 4.69) is 16.9 Å². The van der Waals surface area contributed by atoms with Gasteiger partial charge in [-0.25, -0.2) is 65.8 Å². The molecule has 0 aliphatic heterocycles. The SMILES string of the molecule is CC(C)(C)OC(=O)Oc1c(Cc2ccccc2)c(=O)n(-c2ccccc2)c(=O)n1Cc1ccccc1.CCOC(=O)Oc1c(Cc2[c-]cccc2)c(=O)n(-c2ccccc2)c(=O)n1-c1ccccc1.CCOC(=O)Oc1c(Cc2ccccc2)c(=O)n(-c2ccccc2)c(=O)n1-c1ccccc1.COC(=O)Oc1c(Cc2[c-]cc(S(=O)(=O)[O-])cc2)c(=O)n(-c2ccccc2)c(=O)n1Cc1ccccc1.O=S(=O)=O.O=S(=O)=O.[Na+].[Na+].[Na+]. The van der Waals surface area contributed by atoms with Crippen LogP contribution in [0.3, 0.4) is 0 Å². The van der Waals surface area contributed by atoms with Crippen molar-refractivity contribution in [1.29, 1.82) is 0 Å². The Kier molecular flexibility index (Phi) is 46.6. The number of benzene rings is 12. The first-order chi connectivity index (χ1) is 70.6. The van der Waals surface area contributed by atoms with Gasteiger partial charge in [0.25, 0.3) is 22.2 Å². The zero-order chi connectivity index (χ0) is 106. The quantitative estimate of drug-likeness (QED) is 0.0250. The van der Waals surface area contributed by atoms with Crippen LogP contribution in [0.4, 0.5) is 19.2 Å². The van der Waals surface area contributed by atoms with Crippen LogP contribution in [0, 0.1) is 12.1 Å². The molecule has 0 fully saturated rings. The summed E-state index contributed by atoms with van der Waals surface area (Å²) in [5.74, 6) is -0.796. The Morgan fingerprint density at radius 3 is 0.860 bits per heavy atom. The minimum absolute atomic E-state index is 0. The molecule has 4 aromatic heterocycles. The van der Waals surface area contributed by atoms with E-state index in [0.29, 0.717) is 50.8 Å². The van der Waals surface area contributed by atoms with Gasteiger partial charge in [-0.2, -0.15) is 65.7 Å². The molecule has 4 heterocycles. The third-order valence-corrected chi connectivity index (χ3v) is 21.6. The average Bonchev–Trinajstić information content (AvgIpc) is 0.798. The maximum absolute atomic E-state index is 13.8. The number of rotatable bonds is 25. The number of hydrogen-bond acceptors (Lipinski definition) is 29. The van der Waals surface area contributed by atoms with Gasteiger partial charge in [-0.1, -0.05) is 235 Å². The van der Waals surface area contributed by atoms with E-state index in [0.717, 1.165) is 58.8 Å². The summed E-state index contributed by atoms with van der Waals surface area (Å²) in [6, 6.07) is 105. The van der Waals surface area contributed by atoms with Crippen molar-refractivity contribution in [2.24, 2.45) is 0 Å². The van der Waals surface area contributed by atoms with E-state index in [4.69, 9.17) is 58.4 Å². The number of para-hydroxylation sites is 6. The van der Waals surface area contributed by atoms with Crippen molar-refractivity contribution in [3.63, 3.8) is 0 Å². The first-order valence-electron chi connectivity index (χ1n) is 44.5. The first-order valence-corrected chi connectivity index (χ1v) is 47.9. The second kappa shape index (κ2) is 58.4. The monoisotopic (exact) mass is 2120 g/mol. The predicted molar refractivity (Wildman–Crippen MR) is 536 cm³/mol. The second-order valence-electron chi connectivity index (χ2n) is 31.8. The normalized spacial score (nSPS) is 10.4. The Bertz CT molecular complexity index is 7890. The Morgan fingerprint density at radius 2 is 0.580 bits per heavy atom.